The number of primary amides is 1. The molecule has 1 unspecified atom stereocenters. The number of nitrogen functional groups attached to an aromatic ring is 1. The maximum atomic E-state index is 11.0. The summed E-state index contributed by atoms with van der Waals surface area (Å²) in [5, 5.41) is 3.93. The Morgan fingerprint density at radius 2 is 2.00 bits per heavy atom. The predicted molar refractivity (Wildman–Crippen MR) is 112 cm³/mol. The van der Waals surface area contributed by atoms with Gasteiger partial charge in [0.15, 0.2) is 11.6 Å². The zero-order chi connectivity index (χ0) is 20.4. The molecule has 0 saturated heterocycles. The van der Waals surface area contributed by atoms with E-state index < -0.39 is 6.09 Å². The first-order valence-corrected chi connectivity index (χ1v) is 9.51. The normalized spacial score (nSPS) is 12.5. The number of halogens is 3. The molecule has 1 aromatic heterocycles. The Hall–Kier alpha value is -1.77. The predicted octanol–water partition coefficient (Wildman–Crippen LogP) is 4.72. The molecule has 0 spiro atoms. The average Bonchev–Trinajstić information content (AvgIpc) is 2.55. The molecule has 1 atom stereocenters. The third-order valence-electron chi connectivity index (χ3n) is 3.84. The number of hydrogen-bond acceptors (Lipinski definition) is 6. The zero-order valence-corrected chi connectivity index (χ0v) is 18.1. The molecule has 2 aromatic rings. The molecule has 2 rings (SSSR count). The van der Waals surface area contributed by atoms with E-state index in [2.05, 4.69) is 31.2 Å². The van der Waals surface area contributed by atoms with Crippen LogP contribution in [0.15, 0.2) is 22.8 Å². The van der Waals surface area contributed by atoms with Crippen molar-refractivity contribution in [3.05, 3.63) is 32.8 Å². The molecule has 0 aliphatic heterocycles. The summed E-state index contributed by atoms with van der Waals surface area (Å²) in [7, 11) is 0. The third kappa shape index (κ3) is 5.37. The fraction of sp³-hybridized carbons (Fsp3) is 0.353. The van der Waals surface area contributed by atoms with E-state index in [1.807, 2.05) is 20.8 Å². The molecule has 10 heteroatoms. The number of nitrogens with one attached hydrogen (secondary N) is 1. The fourth-order valence-electron chi connectivity index (χ4n) is 2.24. The first kappa shape index (κ1) is 21.5. The lowest BCUT2D eigenvalue weighted by Crippen LogP contribution is -2.40. The molecule has 0 fully saturated rings. The molecule has 1 amide bonds. The van der Waals surface area contributed by atoms with E-state index in [4.69, 9.17) is 39.4 Å². The Morgan fingerprint density at radius 1 is 1.33 bits per heavy atom. The van der Waals surface area contributed by atoms with Crippen LogP contribution < -0.4 is 16.8 Å². The van der Waals surface area contributed by atoms with E-state index >= 15 is 0 Å². The molecule has 7 nitrogen and oxygen atoms in total. The molecular weight excluding hydrogens is 457 g/mol. The van der Waals surface area contributed by atoms with E-state index in [9.17, 15) is 4.79 Å². The zero-order valence-electron chi connectivity index (χ0n) is 15.0. The molecule has 0 radical (unpaired) electrons. The molecule has 0 aliphatic rings. The van der Waals surface area contributed by atoms with Gasteiger partial charge in [0, 0.05) is 5.56 Å². The van der Waals surface area contributed by atoms with Gasteiger partial charge in [-0.05, 0) is 27.4 Å². The van der Waals surface area contributed by atoms with Gasteiger partial charge in [0.25, 0.3) is 0 Å². The van der Waals surface area contributed by atoms with Crippen LogP contribution in [0.5, 0.6) is 0 Å². The lowest BCUT2D eigenvalue weighted by Gasteiger charge is -2.31. The Balaban J connectivity index is 2.38. The number of hydrogen-bond donors (Lipinski definition) is 3. The molecule has 0 aliphatic carbocycles. The van der Waals surface area contributed by atoms with Crippen molar-refractivity contribution in [3.8, 4) is 11.3 Å². The Kier molecular flexibility index (Phi) is 6.77. The van der Waals surface area contributed by atoms with E-state index in [0.29, 0.717) is 31.7 Å². The number of rotatable bonds is 5. The summed E-state index contributed by atoms with van der Waals surface area (Å²) >= 11 is 15.7. The number of aromatic nitrogens is 2. The number of nitrogens with zero attached hydrogens (tertiary/aromatic N) is 2. The second-order valence-corrected chi connectivity index (χ2v) is 8.43. The minimum absolute atomic E-state index is 0.0642. The number of amides is 1. The van der Waals surface area contributed by atoms with E-state index in [1.165, 1.54) is 0 Å². The molecule has 27 heavy (non-hydrogen) atoms. The lowest BCUT2D eigenvalue weighted by atomic mass is 9.87. The standard InChI is InChI=1S/C17H20BrCl2N5O2/c1-17(2,3)10(7-27-16(22)26)23-15-13(18)24-12(14(21)25-15)8-5-4-6-9(19)11(8)20/h4-6,10H,7H2,1-3H3,(H2,22,26)(H3,21,23,25). The van der Waals surface area contributed by atoms with Crippen molar-refractivity contribution < 1.29 is 9.53 Å². The van der Waals surface area contributed by atoms with Gasteiger partial charge in [-0.1, -0.05) is 56.1 Å². The van der Waals surface area contributed by atoms with Crippen molar-refractivity contribution in [2.45, 2.75) is 26.8 Å². The number of benzene rings is 1. The van der Waals surface area contributed by atoms with Crippen molar-refractivity contribution in [2.24, 2.45) is 11.1 Å². The van der Waals surface area contributed by atoms with Crippen LogP contribution >= 0.6 is 39.1 Å². The number of carbonyl (C=O) groups is 1. The van der Waals surface area contributed by atoms with Gasteiger partial charge in [0.1, 0.15) is 16.9 Å². The van der Waals surface area contributed by atoms with E-state index in [0.717, 1.165) is 0 Å². The summed E-state index contributed by atoms with van der Waals surface area (Å²) in [6.45, 7) is 6.02. The highest BCUT2D eigenvalue weighted by Crippen LogP contribution is 2.37. The van der Waals surface area contributed by atoms with Gasteiger partial charge in [-0.15, -0.1) is 0 Å². The molecule has 1 heterocycles. The van der Waals surface area contributed by atoms with Gasteiger partial charge < -0.3 is 21.5 Å². The number of anilines is 2. The van der Waals surface area contributed by atoms with Gasteiger partial charge in [-0.3, -0.25) is 0 Å². The van der Waals surface area contributed by atoms with Gasteiger partial charge in [-0.25, -0.2) is 14.8 Å². The fourth-order valence-corrected chi connectivity index (χ4v) is 3.01. The average molecular weight is 477 g/mol. The summed E-state index contributed by atoms with van der Waals surface area (Å²) in [6, 6.07) is 4.90. The van der Waals surface area contributed by atoms with Crippen LogP contribution in [0.3, 0.4) is 0 Å². The molecule has 146 valence electrons. The monoisotopic (exact) mass is 475 g/mol. The number of ether oxygens (including phenoxy) is 1. The summed E-state index contributed by atoms with van der Waals surface area (Å²) < 4.78 is 5.37. The number of nitrogens with two attached hydrogens (primary N) is 2. The summed E-state index contributed by atoms with van der Waals surface area (Å²) in [5.74, 6) is 0.579. The van der Waals surface area contributed by atoms with Crippen molar-refractivity contribution >= 4 is 56.9 Å². The topological polar surface area (TPSA) is 116 Å². The highest BCUT2D eigenvalue weighted by atomic mass is 79.9. The van der Waals surface area contributed by atoms with Crippen LogP contribution in [-0.4, -0.2) is 28.7 Å². The molecule has 0 saturated carbocycles. The Bertz CT molecular complexity index is 858. The van der Waals surface area contributed by atoms with Gasteiger partial charge >= 0.3 is 6.09 Å². The van der Waals surface area contributed by atoms with E-state index in [1.54, 1.807) is 18.2 Å². The minimum Gasteiger partial charge on any atom is -0.448 e. The third-order valence-corrected chi connectivity index (χ3v) is 5.21. The highest BCUT2D eigenvalue weighted by Gasteiger charge is 2.27. The smallest absolute Gasteiger partial charge is 0.404 e. The Labute approximate surface area is 175 Å². The van der Waals surface area contributed by atoms with Gasteiger partial charge in [-0.2, -0.15) is 0 Å². The molecule has 0 bridgehead atoms. The lowest BCUT2D eigenvalue weighted by molar-refractivity contribution is 0.132. The number of carbonyl (C=O) groups excluding carboxylic acids is 1. The van der Waals surface area contributed by atoms with Gasteiger partial charge in [0.05, 0.1) is 16.1 Å². The maximum absolute atomic E-state index is 11.0. The summed E-state index contributed by atoms with van der Waals surface area (Å²) in [4.78, 5) is 19.8. The molecule has 1 aromatic carbocycles. The summed E-state index contributed by atoms with van der Waals surface area (Å²) in [5.41, 5.74) is 11.9. The second kappa shape index (κ2) is 8.50. The largest absolute Gasteiger partial charge is 0.448 e. The SMILES string of the molecule is CC(C)(C)C(COC(N)=O)Nc1nc(N)c(-c2cccc(Cl)c2Cl)nc1Br. The van der Waals surface area contributed by atoms with Crippen LogP contribution in [0.2, 0.25) is 10.0 Å². The van der Waals surface area contributed by atoms with E-state index in [-0.39, 0.29) is 23.9 Å². The molecule has 5 N–H and O–H groups in total. The van der Waals surface area contributed by atoms with Gasteiger partial charge in [0.2, 0.25) is 0 Å². The van der Waals surface area contributed by atoms with Crippen molar-refractivity contribution in [1.29, 1.82) is 0 Å². The maximum Gasteiger partial charge on any atom is 0.404 e. The Morgan fingerprint density at radius 3 is 2.59 bits per heavy atom. The van der Waals surface area contributed by atoms with Crippen molar-refractivity contribution in [3.63, 3.8) is 0 Å². The van der Waals surface area contributed by atoms with Crippen LogP contribution in [0.1, 0.15) is 20.8 Å². The first-order valence-electron chi connectivity index (χ1n) is 7.97. The van der Waals surface area contributed by atoms with Crippen LogP contribution in [-0.2, 0) is 4.74 Å². The highest BCUT2D eigenvalue weighted by molar-refractivity contribution is 9.10. The van der Waals surface area contributed by atoms with Crippen LogP contribution in [0.25, 0.3) is 11.3 Å². The van der Waals surface area contributed by atoms with Crippen LogP contribution in [0.4, 0.5) is 16.4 Å². The van der Waals surface area contributed by atoms with Crippen molar-refractivity contribution in [2.75, 3.05) is 17.7 Å². The van der Waals surface area contributed by atoms with Crippen LogP contribution in [0, 0.1) is 5.41 Å². The summed E-state index contributed by atoms with van der Waals surface area (Å²) in [6.07, 6.45) is -0.846. The second-order valence-electron chi connectivity index (χ2n) is 6.89. The quantitative estimate of drug-likeness (QED) is 0.574. The van der Waals surface area contributed by atoms with Crippen molar-refractivity contribution in [1.82, 2.24) is 9.97 Å². The first-order chi connectivity index (χ1) is 12.5. The minimum atomic E-state index is -0.846. The molecular formula is C17H20BrCl2N5O2.